The van der Waals surface area contributed by atoms with E-state index in [0.717, 1.165) is 64.2 Å². The van der Waals surface area contributed by atoms with Crippen LogP contribution in [0.2, 0.25) is 0 Å². The third-order valence-corrected chi connectivity index (χ3v) is 10.2. The van der Waals surface area contributed by atoms with E-state index in [2.05, 4.69) is 62.5 Å². The maximum Gasteiger partial charge on any atom is 0.306 e. The summed E-state index contributed by atoms with van der Waals surface area (Å²) in [6.45, 7) is 4.61. The standard InChI is InChI=1S/C49H87NO7/c1-6-8-10-12-14-16-18-20-22-23-24-26-27-29-31-33-35-37-39-47(51)56-44-45(43-55-42-41-46(49(53)54)50(3,4)5)57-48(52)40-38-36-34-32-30-28-25-21-19-17-15-13-11-9-7-2/h17-20,22-24,26,45-46H,6-16,21,25,27-44H2,1-5H3/b19-17+,20-18+,23-22+,26-24+. The Bertz CT molecular complexity index is 1070. The van der Waals surface area contributed by atoms with Gasteiger partial charge < -0.3 is 28.6 Å². The summed E-state index contributed by atoms with van der Waals surface area (Å²) in [7, 11) is 5.40. The first-order valence-corrected chi connectivity index (χ1v) is 23.2. The van der Waals surface area contributed by atoms with Crippen molar-refractivity contribution in [3.05, 3.63) is 48.6 Å². The number of rotatable bonds is 41. The van der Waals surface area contributed by atoms with E-state index < -0.39 is 18.1 Å². The molecule has 0 aliphatic rings. The maximum atomic E-state index is 12.7. The van der Waals surface area contributed by atoms with Crippen LogP contribution in [0.4, 0.5) is 0 Å². The summed E-state index contributed by atoms with van der Waals surface area (Å²) in [5.41, 5.74) is 0. The van der Waals surface area contributed by atoms with Gasteiger partial charge in [-0.05, 0) is 64.2 Å². The Morgan fingerprint density at radius 2 is 0.947 bits per heavy atom. The average Bonchev–Trinajstić information content (AvgIpc) is 3.17. The molecule has 0 aromatic carbocycles. The average molecular weight is 802 g/mol. The third-order valence-electron chi connectivity index (χ3n) is 10.2. The Morgan fingerprint density at radius 3 is 1.42 bits per heavy atom. The highest BCUT2D eigenvalue weighted by Crippen LogP contribution is 2.14. The van der Waals surface area contributed by atoms with Gasteiger partial charge >= 0.3 is 11.9 Å². The van der Waals surface area contributed by atoms with Gasteiger partial charge in [0.05, 0.1) is 40.3 Å². The van der Waals surface area contributed by atoms with Crippen molar-refractivity contribution in [1.82, 2.24) is 0 Å². The number of ether oxygens (including phenoxy) is 3. The molecule has 8 nitrogen and oxygen atoms in total. The number of aliphatic carboxylic acids is 1. The summed E-state index contributed by atoms with van der Waals surface area (Å²) in [5, 5.41) is 11.6. The smallest absolute Gasteiger partial charge is 0.306 e. The summed E-state index contributed by atoms with van der Waals surface area (Å²) >= 11 is 0. The molecule has 0 heterocycles. The number of allylic oxidation sites excluding steroid dienone is 8. The highest BCUT2D eigenvalue weighted by molar-refractivity contribution is 5.70. The Kier molecular flexibility index (Phi) is 38.2. The van der Waals surface area contributed by atoms with Crippen LogP contribution < -0.4 is 5.11 Å². The van der Waals surface area contributed by atoms with Gasteiger partial charge in [-0.3, -0.25) is 9.59 Å². The fourth-order valence-corrected chi connectivity index (χ4v) is 6.60. The summed E-state index contributed by atoms with van der Waals surface area (Å²) < 4.78 is 17.2. The maximum absolute atomic E-state index is 12.7. The van der Waals surface area contributed by atoms with Gasteiger partial charge in [-0.2, -0.15) is 0 Å². The van der Waals surface area contributed by atoms with Crippen LogP contribution in [-0.4, -0.2) is 75.5 Å². The lowest BCUT2D eigenvalue weighted by molar-refractivity contribution is -0.889. The van der Waals surface area contributed by atoms with E-state index in [1.807, 2.05) is 0 Å². The summed E-state index contributed by atoms with van der Waals surface area (Å²) in [5.74, 6) is -1.77. The Balaban J connectivity index is 4.37. The second-order valence-electron chi connectivity index (χ2n) is 16.7. The van der Waals surface area contributed by atoms with Crippen molar-refractivity contribution in [3.63, 3.8) is 0 Å². The number of likely N-dealkylation sites (N-methyl/N-ethyl adjacent to an activating group) is 1. The molecule has 0 N–H and O–H groups in total. The summed E-state index contributed by atoms with van der Waals surface area (Å²) in [4.78, 5) is 36.9. The molecule has 0 fully saturated rings. The number of hydrogen-bond acceptors (Lipinski definition) is 7. The van der Waals surface area contributed by atoms with Crippen LogP contribution in [0.15, 0.2) is 48.6 Å². The number of carboxylic acid groups (broad SMARTS) is 1. The van der Waals surface area contributed by atoms with Crippen LogP contribution in [0.1, 0.15) is 194 Å². The summed E-state index contributed by atoms with van der Waals surface area (Å²) in [6.07, 6.45) is 47.0. The van der Waals surface area contributed by atoms with E-state index in [9.17, 15) is 19.5 Å². The molecular formula is C49H87NO7. The van der Waals surface area contributed by atoms with Gasteiger partial charge in [0.15, 0.2) is 6.10 Å². The lowest BCUT2D eigenvalue weighted by Gasteiger charge is -2.34. The van der Waals surface area contributed by atoms with Gasteiger partial charge in [0.1, 0.15) is 12.6 Å². The second-order valence-corrected chi connectivity index (χ2v) is 16.7. The quantitative estimate of drug-likeness (QED) is 0.0199. The van der Waals surface area contributed by atoms with E-state index >= 15 is 0 Å². The van der Waals surface area contributed by atoms with Crippen molar-refractivity contribution < 1.29 is 38.2 Å². The Morgan fingerprint density at radius 1 is 0.526 bits per heavy atom. The van der Waals surface area contributed by atoms with Gasteiger partial charge in [-0.1, -0.05) is 159 Å². The van der Waals surface area contributed by atoms with Crippen molar-refractivity contribution in [3.8, 4) is 0 Å². The highest BCUT2D eigenvalue weighted by atomic mass is 16.6. The second kappa shape index (κ2) is 40.1. The van der Waals surface area contributed by atoms with Crippen LogP contribution in [-0.2, 0) is 28.6 Å². The van der Waals surface area contributed by atoms with E-state index in [-0.39, 0.29) is 42.7 Å². The van der Waals surface area contributed by atoms with Crippen LogP contribution >= 0.6 is 0 Å². The van der Waals surface area contributed by atoms with Crippen molar-refractivity contribution in [2.45, 2.75) is 206 Å². The first kappa shape index (κ1) is 54.3. The van der Waals surface area contributed by atoms with E-state index in [1.165, 1.54) is 96.3 Å². The first-order chi connectivity index (χ1) is 27.6. The fourth-order valence-electron chi connectivity index (χ4n) is 6.60. The molecule has 0 bridgehead atoms. The first-order valence-electron chi connectivity index (χ1n) is 23.2. The molecule has 2 atom stereocenters. The highest BCUT2D eigenvalue weighted by Gasteiger charge is 2.25. The van der Waals surface area contributed by atoms with Crippen molar-refractivity contribution in [1.29, 1.82) is 0 Å². The number of hydrogen-bond donors (Lipinski definition) is 0. The lowest BCUT2D eigenvalue weighted by atomic mass is 10.1. The van der Waals surface area contributed by atoms with Gasteiger partial charge in [0, 0.05) is 19.3 Å². The molecule has 0 aromatic rings. The molecule has 0 radical (unpaired) electrons. The number of carbonyl (C=O) groups is 3. The SMILES string of the molecule is CCCCCC/C=C/CCCCCCCCCC(=O)OC(COCCC(C(=O)[O-])[N+](C)(C)C)COC(=O)CCCCCCC/C=C/C=C/C=C/CCCCCCC. The number of carbonyl (C=O) groups excluding carboxylic acids is 3. The van der Waals surface area contributed by atoms with Gasteiger partial charge in [-0.15, -0.1) is 0 Å². The molecule has 0 saturated heterocycles. The number of esters is 2. The number of quaternary nitrogens is 1. The zero-order valence-corrected chi connectivity index (χ0v) is 37.5. The monoisotopic (exact) mass is 802 g/mol. The zero-order valence-electron chi connectivity index (χ0n) is 37.5. The van der Waals surface area contributed by atoms with E-state index in [0.29, 0.717) is 12.8 Å². The minimum atomic E-state index is -1.13. The van der Waals surface area contributed by atoms with Crippen molar-refractivity contribution >= 4 is 17.9 Å². The number of unbranched alkanes of at least 4 members (excludes halogenated alkanes) is 21. The predicted octanol–water partition coefficient (Wildman–Crippen LogP) is 11.5. The molecule has 0 spiro atoms. The van der Waals surface area contributed by atoms with Crippen LogP contribution in [0.25, 0.3) is 0 Å². The topological polar surface area (TPSA) is 102 Å². The molecule has 0 amide bonds. The van der Waals surface area contributed by atoms with Gasteiger partial charge in [0.25, 0.3) is 0 Å². The Labute approximate surface area is 350 Å². The molecule has 0 aromatic heterocycles. The molecular weight excluding hydrogens is 715 g/mol. The normalized spacial score (nSPS) is 13.4. The van der Waals surface area contributed by atoms with Crippen LogP contribution in [0.3, 0.4) is 0 Å². The molecule has 8 heteroatoms. The largest absolute Gasteiger partial charge is 0.544 e. The number of carboxylic acids is 1. The predicted molar refractivity (Wildman–Crippen MR) is 236 cm³/mol. The number of nitrogens with zero attached hydrogens (tertiary/aromatic N) is 1. The molecule has 330 valence electrons. The zero-order chi connectivity index (χ0) is 42.1. The molecule has 0 aliphatic carbocycles. The third kappa shape index (κ3) is 38.6. The molecule has 0 rings (SSSR count). The minimum absolute atomic E-state index is 0.0319. The lowest BCUT2D eigenvalue weighted by Crippen LogP contribution is -2.55. The summed E-state index contributed by atoms with van der Waals surface area (Å²) in [6, 6.07) is -0.730. The Hall–Kier alpha value is -2.71. The molecule has 0 aliphatic heterocycles. The van der Waals surface area contributed by atoms with Crippen LogP contribution in [0, 0.1) is 0 Å². The van der Waals surface area contributed by atoms with Crippen molar-refractivity contribution in [2.75, 3.05) is 41.0 Å². The molecule has 57 heavy (non-hydrogen) atoms. The molecule has 2 unspecified atom stereocenters. The van der Waals surface area contributed by atoms with E-state index in [1.54, 1.807) is 21.1 Å². The fraction of sp³-hybridized carbons (Fsp3) is 0.776. The minimum Gasteiger partial charge on any atom is -0.544 e. The van der Waals surface area contributed by atoms with Gasteiger partial charge in [0.2, 0.25) is 0 Å². The van der Waals surface area contributed by atoms with Crippen molar-refractivity contribution in [2.24, 2.45) is 0 Å². The van der Waals surface area contributed by atoms with E-state index in [4.69, 9.17) is 14.2 Å². The van der Waals surface area contributed by atoms with Crippen LogP contribution in [0.5, 0.6) is 0 Å². The molecule has 0 saturated carbocycles. The van der Waals surface area contributed by atoms with Gasteiger partial charge in [-0.25, -0.2) is 0 Å².